The van der Waals surface area contributed by atoms with Crippen LogP contribution >= 0.6 is 22.6 Å². The molecule has 0 bridgehead atoms. The van der Waals surface area contributed by atoms with Crippen molar-refractivity contribution in [2.75, 3.05) is 11.5 Å². The molecule has 28 heavy (non-hydrogen) atoms. The summed E-state index contributed by atoms with van der Waals surface area (Å²) in [5, 5.41) is 0. The summed E-state index contributed by atoms with van der Waals surface area (Å²) in [5.74, 6) is 1.71. The van der Waals surface area contributed by atoms with E-state index in [2.05, 4.69) is 32.6 Å². The zero-order valence-electron chi connectivity index (χ0n) is 15.4. The number of nitrogens with two attached hydrogens (primary N) is 2. The first-order valence-electron chi connectivity index (χ1n) is 8.60. The molecule has 0 amide bonds. The van der Waals surface area contributed by atoms with Crippen LogP contribution in [-0.4, -0.2) is 9.97 Å². The van der Waals surface area contributed by atoms with Crippen LogP contribution in [0.5, 0.6) is 17.2 Å². The van der Waals surface area contributed by atoms with Gasteiger partial charge in [0.05, 0.1) is 9.77 Å². The molecule has 2 aromatic carbocycles. The summed E-state index contributed by atoms with van der Waals surface area (Å²) in [6, 6.07) is 10.3. The van der Waals surface area contributed by atoms with Crippen molar-refractivity contribution >= 4 is 34.4 Å². The molecule has 4 N–H and O–H groups in total. The maximum atomic E-state index is 13.8. The molecule has 0 saturated carbocycles. The smallest absolute Gasteiger partial charge is 0.222 e. The van der Waals surface area contributed by atoms with Gasteiger partial charge in [-0.05, 0) is 46.7 Å². The number of ether oxygens (including phenoxy) is 2. The van der Waals surface area contributed by atoms with E-state index in [0.717, 1.165) is 9.13 Å². The minimum Gasteiger partial charge on any atom is -0.488 e. The summed E-state index contributed by atoms with van der Waals surface area (Å²) >= 11 is 2.15. The lowest BCUT2D eigenvalue weighted by atomic mass is 10.0. The molecule has 0 aliphatic heterocycles. The Hall–Kier alpha value is -2.62. The number of rotatable bonds is 6. The number of nitrogens with zero attached hydrogens (tertiary/aromatic N) is 2. The molecule has 8 heteroatoms. The molecule has 3 aromatic rings. The lowest BCUT2D eigenvalue weighted by molar-refractivity contribution is 0.296. The van der Waals surface area contributed by atoms with Crippen molar-refractivity contribution in [2.45, 2.75) is 26.4 Å². The summed E-state index contributed by atoms with van der Waals surface area (Å²) in [6.45, 7) is 4.22. The fourth-order valence-electron chi connectivity index (χ4n) is 2.57. The van der Waals surface area contributed by atoms with Gasteiger partial charge in [0.15, 0.2) is 11.6 Å². The zero-order chi connectivity index (χ0) is 20.3. The molecule has 6 nitrogen and oxygen atoms in total. The van der Waals surface area contributed by atoms with E-state index in [0.29, 0.717) is 22.8 Å². The summed E-state index contributed by atoms with van der Waals surface area (Å²) in [5.41, 5.74) is 12.8. The van der Waals surface area contributed by atoms with Crippen molar-refractivity contribution in [2.24, 2.45) is 0 Å². The highest BCUT2D eigenvalue weighted by Crippen LogP contribution is 2.38. The molecular weight excluding hydrogens is 474 g/mol. The van der Waals surface area contributed by atoms with Gasteiger partial charge in [0.25, 0.3) is 0 Å². The van der Waals surface area contributed by atoms with Crippen LogP contribution in [0.3, 0.4) is 0 Å². The third-order valence-corrected chi connectivity index (χ3v) is 4.89. The monoisotopic (exact) mass is 494 g/mol. The lowest BCUT2D eigenvalue weighted by Crippen LogP contribution is -2.04. The van der Waals surface area contributed by atoms with Crippen molar-refractivity contribution in [1.82, 2.24) is 9.97 Å². The van der Waals surface area contributed by atoms with Gasteiger partial charge < -0.3 is 20.9 Å². The third kappa shape index (κ3) is 4.61. The predicted octanol–water partition coefficient (Wildman–Crippen LogP) is 4.88. The van der Waals surface area contributed by atoms with Gasteiger partial charge in [-0.3, -0.25) is 0 Å². The maximum absolute atomic E-state index is 13.8. The highest BCUT2D eigenvalue weighted by molar-refractivity contribution is 14.1. The highest BCUT2D eigenvalue weighted by Gasteiger charge is 2.16. The van der Waals surface area contributed by atoms with E-state index in [-0.39, 0.29) is 30.1 Å². The van der Waals surface area contributed by atoms with Gasteiger partial charge >= 0.3 is 0 Å². The fraction of sp³-hybridized carbons (Fsp3) is 0.200. The molecule has 146 valence electrons. The molecule has 0 fully saturated rings. The first kappa shape index (κ1) is 20.1. The summed E-state index contributed by atoms with van der Waals surface area (Å²) < 4.78 is 26.5. The van der Waals surface area contributed by atoms with Gasteiger partial charge in [0.1, 0.15) is 23.9 Å². The van der Waals surface area contributed by atoms with E-state index in [1.807, 2.05) is 26.0 Å². The van der Waals surface area contributed by atoms with Gasteiger partial charge in [0, 0.05) is 11.1 Å². The molecule has 0 atom stereocenters. The first-order chi connectivity index (χ1) is 13.3. The van der Waals surface area contributed by atoms with Gasteiger partial charge in [-0.1, -0.05) is 32.0 Å². The quantitative estimate of drug-likeness (QED) is 0.475. The van der Waals surface area contributed by atoms with E-state index < -0.39 is 0 Å². The highest BCUT2D eigenvalue weighted by atomic mass is 127. The van der Waals surface area contributed by atoms with Crippen LogP contribution in [0.1, 0.15) is 30.9 Å². The number of anilines is 2. The Balaban J connectivity index is 1.88. The largest absolute Gasteiger partial charge is 0.488 e. The zero-order valence-corrected chi connectivity index (χ0v) is 17.6. The van der Waals surface area contributed by atoms with E-state index in [9.17, 15) is 4.39 Å². The van der Waals surface area contributed by atoms with Crippen LogP contribution in [0, 0.1) is 9.39 Å². The number of hydrogen-bond donors (Lipinski definition) is 2. The Morgan fingerprint density at radius 3 is 2.54 bits per heavy atom. The molecule has 0 aliphatic carbocycles. The standard InChI is InChI=1S/C20H20FIN4O2/c1-11(2)13-7-17(27-10-12-5-3-4-6-14(12)21)15(22)8-16(13)28-18-9-25-20(24)26-19(18)23/h3-9,11H,10H2,1-2H3,(H4,23,24,25,26). The van der Waals surface area contributed by atoms with E-state index in [1.165, 1.54) is 12.3 Å². The van der Waals surface area contributed by atoms with Crippen LogP contribution in [0.15, 0.2) is 42.6 Å². The Bertz CT molecular complexity index is 998. The second kappa shape index (κ2) is 8.59. The molecule has 1 aromatic heterocycles. The minimum atomic E-state index is -0.291. The second-order valence-corrected chi connectivity index (χ2v) is 7.60. The maximum Gasteiger partial charge on any atom is 0.222 e. The number of halogens is 2. The van der Waals surface area contributed by atoms with Crippen LogP contribution in [0.4, 0.5) is 16.2 Å². The van der Waals surface area contributed by atoms with Crippen LogP contribution in [0.2, 0.25) is 0 Å². The Kier molecular flexibility index (Phi) is 6.18. The van der Waals surface area contributed by atoms with E-state index >= 15 is 0 Å². The average Bonchev–Trinajstić information content (AvgIpc) is 2.64. The summed E-state index contributed by atoms with van der Waals surface area (Å²) in [6.07, 6.45) is 1.44. The van der Waals surface area contributed by atoms with Crippen molar-refractivity contribution in [3.63, 3.8) is 0 Å². The fourth-order valence-corrected chi connectivity index (χ4v) is 3.16. The summed E-state index contributed by atoms with van der Waals surface area (Å²) in [4.78, 5) is 7.83. The van der Waals surface area contributed by atoms with Gasteiger partial charge in [0.2, 0.25) is 5.95 Å². The molecule has 1 heterocycles. The Morgan fingerprint density at radius 1 is 1.11 bits per heavy atom. The van der Waals surface area contributed by atoms with Crippen molar-refractivity contribution in [1.29, 1.82) is 0 Å². The van der Waals surface area contributed by atoms with E-state index in [1.54, 1.807) is 18.2 Å². The van der Waals surface area contributed by atoms with Crippen LogP contribution < -0.4 is 20.9 Å². The van der Waals surface area contributed by atoms with Crippen LogP contribution in [-0.2, 0) is 6.61 Å². The van der Waals surface area contributed by atoms with Gasteiger partial charge in [-0.2, -0.15) is 4.98 Å². The predicted molar refractivity (Wildman–Crippen MR) is 115 cm³/mol. The van der Waals surface area contributed by atoms with Crippen molar-refractivity contribution in [3.05, 3.63) is 63.1 Å². The molecule has 0 unspecified atom stereocenters. The Morgan fingerprint density at radius 2 is 1.86 bits per heavy atom. The molecule has 0 spiro atoms. The number of hydrogen-bond acceptors (Lipinski definition) is 6. The van der Waals surface area contributed by atoms with Gasteiger partial charge in [-0.15, -0.1) is 0 Å². The SMILES string of the molecule is CC(C)c1cc(OCc2ccccc2F)c(I)cc1Oc1cnc(N)nc1N. The van der Waals surface area contributed by atoms with Crippen LogP contribution in [0.25, 0.3) is 0 Å². The Labute approximate surface area is 176 Å². The molecule has 3 rings (SSSR count). The van der Waals surface area contributed by atoms with Crippen molar-refractivity contribution < 1.29 is 13.9 Å². The summed E-state index contributed by atoms with van der Waals surface area (Å²) in [7, 11) is 0. The normalized spacial score (nSPS) is 10.9. The average molecular weight is 494 g/mol. The topological polar surface area (TPSA) is 96.3 Å². The molecule has 0 saturated heterocycles. The number of benzene rings is 2. The lowest BCUT2D eigenvalue weighted by Gasteiger charge is -2.18. The molecule has 0 radical (unpaired) electrons. The number of nitrogen functional groups attached to an aromatic ring is 2. The molecular formula is C20H20FIN4O2. The molecule has 0 aliphatic rings. The first-order valence-corrected chi connectivity index (χ1v) is 9.68. The van der Waals surface area contributed by atoms with Crippen molar-refractivity contribution in [3.8, 4) is 17.2 Å². The van der Waals surface area contributed by atoms with Gasteiger partial charge in [-0.25, -0.2) is 9.37 Å². The van der Waals surface area contributed by atoms with E-state index in [4.69, 9.17) is 20.9 Å². The second-order valence-electron chi connectivity index (χ2n) is 6.43. The number of aromatic nitrogens is 2. The third-order valence-electron chi connectivity index (χ3n) is 4.05. The minimum absolute atomic E-state index is 0.0837.